The number of rotatable bonds is 4. The monoisotopic (exact) mass is 353 g/mol. The minimum atomic E-state index is -0.484. The minimum Gasteiger partial charge on any atom is -0.320 e. The lowest BCUT2D eigenvalue weighted by molar-refractivity contribution is 0.102. The second-order valence-corrected chi connectivity index (χ2v) is 6.16. The van der Waals surface area contributed by atoms with Crippen molar-refractivity contribution in [1.29, 1.82) is 0 Å². The molecule has 0 atom stereocenters. The first-order valence-electron chi connectivity index (χ1n) is 7.41. The molecule has 0 spiro atoms. The molecule has 0 saturated carbocycles. The van der Waals surface area contributed by atoms with Crippen molar-refractivity contribution >= 4 is 22.9 Å². The van der Waals surface area contributed by atoms with E-state index in [1.807, 2.05) is 17.5 Å². The van der Waals surface area contributed by atoms with Gasteiger partial charge in [-0.25, -0.2) is 9.07 Å². The molecule has 3 heterocycles. The summed E-state index contributed by atoms with van der Waals surface area (Å²) < 4.78 is 15.6. The molecule has 2 N–H and O–H groups in total. The third-order valence-electron chi connectivity index (χ3n) is 3.55. The first-order valence-corrected chi connectivity index (χ1v) is 8.29. The largest absolute Gasteiger partial charge is 0.320 e. The lowest BCUT2D eigenvalue weighted by Gasteiger charge is -2.07. The summed E-state index contributed by atoms with van der Waals surface area (Å²) >= 11 is 1.55. The van der Waals surface area contributed by atoms with Crippen LogP contribution >= 0.6 is 11.3 Å². The fraction of sp³-hybridized carbons (Fsp3) is 0. The Morgan fingerprint density at radius 2 is 2.16 bits per heavy atom. The number of thiophene rings is 1. The van der Waals surface area contributed by atoms with Crippen LogP contribution in [-0.2, 0) is 0 Å². The van der Waals surface area contributed by atoms with Gasteiger partial charge in [0.15, 0.2) is 11.5 Å². The normalized spacial score (nSPS) is 10.8. The Labute approximate surface area is 145 Å². The van der Waals surface area contributed by atoms with Crippen molar-refractivity contribution in [3.63, 3.8) is 0 Å². The average Bonchev–Trinajstić information content (AvgIpc) is 3.35. The maximum atomic E-state index is 14.2. The van der Waals surface area contributed by atoms with Crippen molar-refractivity contribution in [3.05, 3.63) is 71.7 Å². The molecule has 0 aliphatic carbocycles. The van der Waals surface area contributed by atoms with Gasteiger partial charge in [-0.2, -0.15) is 10.2 Å². The Morgan fingerprint density at radius 3 is 2.88 bits per heavy atom. The second kappa shape index (κ2) is 6.33. The van der Waals surface area contributed by atoms with E-state index in [0.29, 0.717) is 11.4 Å². The molecule has 1 amide bonds. The highest BCUT2D eigenvalue weighted by atomic mass is 32.1. The van der Waals surface area contributed by atoms with E-state index >= 15 is 0 Å². The lowest BCUT2D eigenvalue weighted by Crippen LogP contribution is -2.12. The zero-order chi connectivity index (χ0) is 17.2. The van der Waals surface area contributed by atoms with Crippen molar-refractivity contribution < 1.29 is 9.18 Å². The van der Waals surface area contributed by atoms with Gasteiger partial charge in [0.2, 0.25) is 0 Å². The highest BCUT2D eigenvalue weighted by Gasteiger charge is 2.13. The quantitative estimate of drug-likeness (QED) is 0.587. The highest BCUT2D eigenvalue weighted by molar-refractivity contribution is 7.13. The van der Waals surface area contributed by atoms with Crippen LogP contribution in [0.5, 0.6) is 0 Å². The van der Waals surface area contributed by atoms with E-state index in [4.69, 9.17) is 0 Å². The van der Waals surface area contributed by atoms with E-state index in [9.17, 15) is 9.18 Å². The van der Waals surface area contributed by atoms with Gasteiger partial charge in [-0.15, -0.1) is 11.3 Å². The van der Waals surface area contributed by atoms with Crippen LogP contribution in [0.15, 0.2) is 60.2 Å². The van der Waals surface area contributed by atoms with Gasteiger partial charge in [0.25, 0.3) is 5.91 Å². The summed E-state index contributed by atoms with van der Waals surface area (Å²) in [5, 5.41) is 15.4. The number of hydrogen-bond donors (Lipinski definition) is 2. The topological polar surface area (TPSA) is 75.6 Å². The van der Waals surface area contributed by atoms with Crippen molar-refractivity contribution in [2.45, 2.75) is 0 Å². The Kier molecular flexibility index (Phi) is 3.87. The number of carbonyl (C=O) groups excluding carboxylic acids is 1. The van der Waals surface area contributed by atoms with Crippen LogP contribution in [0.1, 0.15) is 10.5 Å². The molecule has 0 aliphatic heterocycles. The number of aromatic nitrogens is 4. The molecule has 0 aliphatic rings. The van der Waals surface area contributed by atoms with Crippen LogP contribution < -0.4 is 5.32 Å². The zero-order valence-electron chi connectivity index (χ0n) is 12.8. The Bertz CT molecular complexity index is 1010. The minimum absolute atomic E-state index is 0.236. The predicted molar refractivity (Wildman–Crippen MR) is 93.4 cm³/mol. The van der Waals surface area contributed by atoms with Crippen LogP contribution in [-0.4, -0.2) is 25.9 Å². The lowest BCUT2D eigenvalue weighted by atomic mass is 10.2. The van der Waals surface area contributed by atoms with Gasteiger partial charge < -0.3 is 5.32 Å². The number of nitrogens with one attached hydrogen (secondary N) is 2. The summed E-state index contributed by atoms with van der Waals surface area (Å²) in [5.41, 5.74) is 1.65. The molecule has 124 valence electrons. The van der Waals surface area contributed by atoms with Crippen molar-refractivity contribution in [2.75, 3.05) is 5.32 Å². The molecule has 1 aromatic carbocycles. The molecule has 6 nitrogen and oxygen atoms in total. The third-order valence-corrected chi connectivity index (χ3v) is 4.46. The average molecular weight is 353 g/mol. The predicted octanol–water partition coefficient (Wildman–Crippen LogP) is 3.72. The molecule has 0 unspecified atom stereocenters. The molecule has 0 fully saturated rings. The van der Waals surface area contributed by atoms with Gasteiger partial charge in [0.1, 0.15) is 5.69 Å². The maximum absolute atomic E-state index is 14.2. The number of benzene rings is 1. The maximum Gasteiger partial charge on any atom is 0.276 e. The van der Waals surface area contributed by atoms with Crippen molar-refractivity contribution in [3.8, 4) is 16.3 Å². The van der Waals surface area contributed by atoms with E-state index in [0.717, 1.165) is 10.6 Å². The van der Waals surface area contributed by atoms with Crippen LogP contribution in [0, 0.1) is 5.82 Å². The summed E-state index contributed by atoms with van der Waals surface area (Å²) in [7, 11) is 0. The summed E-state index contributed by atoms with van der Waals surface area (Å²) in [6.07, 6.45) is 3.21. The van der Waals surface area contributed by atoms with E-state index in [1.165, 1.54) is 10.7 Å². The molecule has 8 heteroatoms. The van der Waals surface area contributed by atoms with Crippen LogP contribution in [0.4, 0.5) is 10.1 Å². The summed E-state index contributed by atoms with van der Waals surface area (Å²) in [6.45, 7) is 0. The van der Waals surface area contributed by atoms with Gasteiger partial charge in [0, 0.05) is 18.1 Å². The van der Waals surface area contributed by atoms with Crippen LogP contribution in [0.2, 0.25) is 0 Å². The van der Waals surface area contributed by atoms with Crippen LogP contribution in [0.25, 0.3) is 16.3 Å². The molecule has 4 rings (SSSR count). The van der Waals surface area contributed by atoms with Gasteiger partial charge in [-0.05, 0) is 41.8 Å². The molecule has 0 radical (unpaired) electrons. The van der Waals surface area contributed by atoms with E-state index in [2.05, 4.69) is 20.6 Å². The fourth-order valence-electron chi connectivity index (χ4n) is 2.37. The van der Waals surface area contributed by atoms with Crippen molar-refractivity contribution in [1.82, 2.24) is 20.0 Å². The Balaban J connectivity index is 1.52. The number of amides is 1. The Morgan fingerprint density at radius 1 is 1.24 bits per heavy atom. The SMILES string of the molecule is O=C(Nc1ccc(-n2cccn2)c(F)c1)c1cc(-c2cccs2)[nH]n1. The molecule has 3 aromatic heterocycles. The molecule has 25 heavy (non-hydrogen) atoms. The van der Waals surface area contributed by atoms with E-state index in [1.54, 1.807) is 48.0 Å². The number of carbonyl (C=O) groups is 1. The number of anilines is 1. The number of hydrogen-bond acceptors (Lipinski definition) is 4. The summed E-state index contributed by atoms with van der Waals surface area (Å²) in [6, 6.07) is 11.6. The second-order valence-electron chi connectivity index (χ2n) is 5.22. The van der Waals surface area contributed by atoms with Gasteiger partial charge in [-0.3, -0.25) is 9.89 Å². The van der Waals surface area contributed by atoms with Gasteiger partial charge >= 0.3 is 0 Å². The standard InChI is InChI=1S/C17H12FN5OS/c18-12-9-11(4-5-15(12)23-7-2-6-19-23)20-17(24)14-10-13(21-22-14)16-3-1-8-25-16/h1-10H,(H,20,24)(H,21,22). The zero-order valence-corrected chi connectivity index (χ0v) is 13.6. The molecular formula is C17H12FN5OS. The smallest absolute Gasteiger partial charge is 0.276 e. The summed E-state index contributed by atoms with van der Waals surface area (Å²) in [4.78, 5) is 13.3. The fourth-order valence-corrected chi connectivity index (χ4v) is 3.07. The first-order chi connectivity index (χ1) is 12.2. The molecule has 0 saturated heterocycles. The van der Waals surface area contributed by atoms with Crippen molar-refractivity contribution in [2.24, 2.45) is 0 Å². The first kappa shape index (κ1) is 15.3. The number of aromatic amines is 1. The summed E-state index contributed by atoms with van der Waals surface area (Å²) in [5.74, 6) is -0.895. The molecule has 0 bridgehead atoms. The van der Waals surface area contributed by atoms with Gasteiger partial charge in [0.05, 0.1) is 10.6 Å². The number of nitrogens with zero attached hydrogens (tertiary/aromatic N) is 3. The third kappa shape index (κ3) is 3.07. The highest BCUT2D eigenvalue weighted by Crippen LogP contribution is 2.23. The van der Waals surface area contributed by atoms with Crippen LogP contribution in [0.3, 0.4) is 0 Å². The Hall–Kier alpha value is -3.26. The number of halogens is 1. The van der Waals surface area contributed by atoms with Gasteiger partial charge in [-0.1, -0.05) is 6.07 Å². The van der Waals surface area contributed by atoms with E-state index in [-0.39, 0.29) is 5.69 Å². The molecule has 4 aromatic rings. The molecular weight excluding hydrogens is 341 g/mol. The number of H-pyrrole nitrogens is 1. The van der Waals surface area contributed by atoms with E-state index < -0.39 is 11.7 Å².